The van der Waals surface area contributed by atoms with Crippen molar-refractivity contribution in [2.45, 2.75) is 32.9 Å². The molecule has 0 aliphatic carbocycles. The molecular weight excluding hydrogens is 220 g/mol. The zero-order chi connectivity index (χ0) is 12.8. The second-order valence-electron chi connectivity index (χ2n) is 4.74. The van der Waals surface area contributed by atoms with Crippen molar-refractivity contribution in [1.29, 1.82) is 0 Å². The highest BCUT2D eigenvalue weighted by molar-refractivity contribution is 5.75. The topological polar surface area (TPSA) is 73.4 Å². The van der Waals surface area contributed by atoms with Gasteiger partial charge in [-0.15, -0.1) is 4.68 Å². The van der Waals surface area contributed by atoms with E-state index in [4.69, 9.17) is 10.5 Å². The fourth-order valence-corrected chi connectivity index (χ4v) is 2.05. The fraction of sp³-hybridized carbons (Fsp3) is 0.636. The highest BCUT2D eigenvalue weighted by atomic mass is 16.6. The molecular formula is C11H18N4O2. The van der Waals surface area contributed by atoms with Crippen LogP contribution in [0.15, 0.2) is 0 Å². The number of ether oxygens (including phenoxy) is 1. The minimum atomic E-state index is -0.516. The second kappa shape index (κ2) is 3.73. The number of nitrogens with zero attached hydrogens (tertiary/aromatic N) is 3. The maximum Gasteiger partial charge on any atom is 0.436 e. The minimum absolute atomic E-state index is 0.207. The van der Waals surface area contributed by atoms with Gasteiger partial charge in [-0.05, 0) is 27.8 Å². The molecule has 6 heteroatoms. The van der Waals surface area contributed by atoms with Crippen LogP contribution in [-0.2, 0) is 16.8 Å². The van der Waals surface area contributed by atoms with Gasteiger partial charge in [-0.2, -0.15) is 5.10 Å². The Morgan fingerprint density at radius 1 is 1.59 bits per heavy atom. The number of anilines is 1. The smallest absolute Gasteiger partial charge is 0.436 e. The molecule has 0 saturated carbocycles. The molecule has 94 valence electrons. The quantitative estimate of drug-likeness (QED) is 0.794. The zero-order valence-corrected chi connectivity index (χ0v) is 10.6. The van der Waals surface area contributed by atoms with Crippen molar-refractivity contribution in [2.24, 2.45) is 0 Å². The van der Waals surface area contributed by atoms with Crippen LogP contribution in [0.4, 0.5) is 10.6 Å². The molecule has 0 fully saturated rings. The van der Waals surface area contributed by atoms with Gasteiger partial charge in [0.1, 0.15) is 5.82 Å². The number of rotatable bonds is 1. The van der Waals surface area contributed by atoms with Crippen molar-refractivity contribution in [2.75, 3.05) is 19.4 Å². The Morgan fingerprint density at radius 2 is 2.24 bits per heavy atom. The molecule has 0 unspecified atom stereocenters. The van der Waals surface area contributed by atoms with Gasteiger partial charge in [0, 0.05) is 12.1 Å². The van der Waals surface area contributed by atoms with E-state index in [2.05, 4.69) is 23.8 Å². The third-order valence-electron chi connectivity index (χ3n) is 3.39. The molecule has 2 rings (SSSR count). The first-order chi connectivity index (χ1) is 7.89. The number of nitrogen functional groups attached to an aromatic ring is 1. The van der Waals surface area contributed by atoms with E-state index in [0.29, 0.717) is 19.0 Å². The summed E-state index contributed by atoms with van der Waals surface area (Å²) >= 11 is 0. The van der Waals surface area contributed by atoms with Crippen LogP contribution in [0, 0.1) is 0 Å². The summed E-state index contributed by atoms with van der Waals surface area (Å²) in [5.41, 5.74) is 7.51. The van der Waals surface area contributed by atoms with Gasteiger partial charge >= 0.3 is 6.09 Å². The molecule has 0 aromatic carbocycles. The largest absolute Gasteiger partial charge is 0.448 e. The van der Waals surface area contributed by atoms with Crippen LogP contribution in [0.3, 0.4) is 0 Å². The van der Waals surface area contributed by atoms with E-state index in [1.165, 1.54) is 0 Å². The van der Waals surface area contributed by atoms with E-state index in [1.54, 1.807) is 6.92 Å². The number of aromatic nitrogens is 2. The molecule has 6 nitrogen and oxygen atoms in total. The number of carbonyl (C=O) groups is 1. The van der Waals surface area contributed by atoms with E-state index in [0.717, 1.165) is 15.9 Å². The predicted molar refractivity (Wildman–Crippen MR) is 63.6 cm³/mol. The lowest BCUT2D eigenvalue weighted by atomic mass is 10.0. The SMILES string of the molecule is CCOC(=O)n1nc2c(c1N)CN(C)C2(C)C. The lowest BCUT2D eigenvalue weighted by molar-refractivity contribution is 0.147. The molecule has 0 bridgehead atoms. The molecule has 0 amide bonds. The molecule has 2 N–H and O–H groups in total. The first-order valence-corrected chi connectivity index (χ1v) is 5.65. The molecule has 17 heavy (non-hydrogen) atoms. The Labute approximate surface area is 100 Å². The highest BCUT2D eigenvalue weighted by Crippen LogP contribution is 2.39. The molecule has 1 aromatic rings. The van der Waals surface area contributed by atoms with Crippen LogP contribution < -0.4 is 5.73 Å². The Balaban J connectivity index is 2.44. The maximum atomic E-state index is 11.6. The van der Waals surface area contributed by atoms with E-state index in [-0.39, 0.29) is 5.54 Å². The van der Waals surface area contributed by atoms with Crippen LogP contribution in [-0.4, -0.2) is 34.4 Å². The summed E-state index contributed by atoms with van der Waals surface area (Å²) in [7, 11) is 2.01. The summed E-state index contributed by atoms with van der Waals surface area (Å²) in [4.78, 5) is 13.8. The number of nitrogens with two attached hydrogens (primary N) is 1. The van der Waals surface area contributed by atoms with Crippen LogP contribution >= 0.6 is 0 Å². The van der Waals surface area contributed by atoms with Gasteiger partial charge in [-0.3, -0.25) is 4.90 Å². The molecule has 0 spiro atoms. The highest BCUT2D eigenvalue weighted by Gasteiger charge is 2.40. The Morgan fingerprint density at radius 3 is 2.76 bits per heavy atom. The number of hydrogen-bond donors (Lipinski definition) is 1. The molecule has 2 heterocycles. The molecule has 1 aliphatic rings. The third kappa shape index (κ3) is 1.59. The molecule has 0 atom stereocenters. The first-order valence-electron chi connectivity index (χ1n) is 5.65. The van der Waals surface area contributed by atoms with Crippen LogP contribution in [0.5, 0.6) is 0 Å². The zero-order valence-electron chi connectivity index (χ0n) is 10.6. The summed E-state index contributed by atoms with van der Waals surface area (Å²) in [6.07, 6.45) is -0.516. The Kier molecular flexibility index (Phi) is 2.61. The van der Waals surface area contributed by atoms with E-state index in [1.807, 2.05) is 7.05 Å². The van der Waals surface area contributed by atoms with Crippen molar-refractivity contribution in [1.82, 2.24) is 14.7 Å². The first kappa shape index (κ1) is 11.9. The van der Waals surface area contributed by atoms with Gasteiger partial charge in [0.05, 0.1) is 17.8 Å². The fourth-order valence-electron chi connectivity index (χ4n) is 2.05. The van der Waals surface area contributed by atoms with Gasteiger partial charge in [0.2, 0.25) is 0 Å². The Bertz CT molecular complexity index is 464. The van der Waals surface area contributed by atoms with Crippen molar-refractivity contribution in [3.05, 3.63) is 11.3 Å². The number of carbonyl (C=O) groups excluding carboxylic acids is 1. The lowest BCUT2D eigenvalue weighted by Crippen LogP contribution is -2.33. The molecule has 1 aromatic heterocycles. The lowest BCUT2D eigenvalue weighted by Gasteiger charge is -2.27. The van der Waals surface area contributed by atoms with Crippen LogP contribution in [0.1, 0.15) is 32.0 Å². The van der Waals surface area contributed by atoms with Gasteiger partial charge < -0.3 is 10.5 Å². The summed E-state index contributed by atoms with van der Waals surface area (Å²) in [5, 5.41) is 4.29. The normalized spacial score (nSPS) is 18.1. The summed E-state index contributed by atoms with van der Waals surface area (Å²) in [6.45, 7) is 6.88. The summed E-state index contributed by atoms with van der Waals surface area (Å²) in [5.74, 6) is 0.385. The standard InChI is InChI=1S/C11H18N4O2/c1-5-17-10(16)15-9(12)7-6-14(4)11(2,3)8(7)13-15/h5-6,12H2,1-4H3. The molecule has 0 radical (unpaired) electrons. The van der Waals surface area contributed by atoms with Crippen LogP contribution in [0.2, 0.25) is 0 Å². The van der Waals surface area contributed by atoms with Gasteiger partial charge in [-0.25, -0.2) is 4.79 Å². The van der Waals surface area contributed by atoms with E-state index in [9.17, 15) is 4.79 Å². The van der Waals surface area contributed by atoms with Crippen molar-refractivity contribution < 1.29 is 9.53 Å². The summed E-state index contributed by atoms with van der Waals surface area (Å²) in [6, 6.07) is 0. The van der Waals surface area contributed by atoms with Crippen molar-refractivity contribution >= 4 is 11.9 Å². The number of hydrogen-bond acceptors (Lipinski definition) is 5. The third-order valence-corrected chi connectivity index (χ3v) is 3.39. The number of fused-ring (bicyclic) bond motifs is 1. The van der Waals surface area contributed by atoms with E-state index >= 15 is 0 Å². The minimum Gasteiger partial charge on any atom is -0.448 e. The van der Waals surface area contributed by atoms with Gasteiger partial charge in [0.15, 0.2) is 0 Å². The average Bonchev–Trinajstić information content (AvgIpc) is 2.67. The predicted octanol–water partition coefficient (Wildman–Crippen LogP) is 1.15. The average molecular weight is 238 g/mol. The van der Waals surface area contributed by atoms with Crippen LogP contribution in [0.25, 0.3) is 0 Å². The van der Waals surface area contributed by atoms with Gasteiger partial charge in [0.25, 0.3) is 0 Å². The monoisotopic (exact) mass is 238 g/mol. The van der Waals surface area contributed by atoms with Gasteiger partial charge in [-0.1, -0.05) is 0 Å². The summed E-state index contributed by atoms with van der Waals surface area (Å²) < 4.78 is 6.06. The second-order valence-corrected chi connectivity index (χ2v) is 4.74. The molecule has 0 saturated heterocycles. The van der Waals surface area contributed by atoms with E-state index < -0.39 is 6.09 Å². The molecule has 1 aliphatic heterocycles. The van der Waals surface area contributed by atoms with Crippen molar-refractivity contribution in [3.63, 3.8) is 0 Å². The van der Waals surface area contributed by atoms with Crippen molar-refractivity contribution in [3.8, 4) is 0 Å². The maximum absolute atomic E-state index is 11.6. The Hall–Kier alpha value is -1.56.